The van der Waals surface area contributed by atoms with Crippen LogP contribution in [0.5, 0.6) is 0 Å². The summed E-state index contributed by atoms with van der Waals surface area (Å²) in [6.07, 6.45) is 4.00. The van der Waals surface area contributed by atoms with Crippen molar-refractivity contribution in [1.82, 2.24) is 0 Å². The molecule has 1 atom stereocenters. The molecule has 2 aliphatic heterocycles. The van der Waals surface area contributed by atoms with Crippen LogP contribution >= 0.6 is 0 Å². The zero-order valence-electron chi connectivity index (χ0n) is 17.5. The van der Waals surface area contributed by atoms with Gasteiger partial charge in [0, 0.05) is 36.1 Å². The minimum atomic E-state index is -0.214. The van der Waals surface area contributed by atoms with Crippen LogP contribution in [-0.4, -0.2) is 24.4 Å². The average molecular weight is 415 g/mol. The second-order valence-electron chi connectivity index (χ2n) is 8.22. The fourth-order valence-corrected chi connectivity index (χ4v) is 4.56. The number of rotatable bonds is 5. The van der Waals surface area contributed by atoms with Crippen molar-refractivity contribution in [2.45, 2.75) is 38.8 Å². The summed E-state index contributed by atoms with van der Waals surface area (Å²) in [6, 6.07) is 17.9. The van der Waals surface area contributed by atoms with Crippen molar-refractivity contribution in [3.63, 3.8) is 0 Å². The van der Waals surface area contributed by atoms with Crippen LogP contribution in [0, 0.1) is 0 Å². The fraction of sp³-hybridized carbons (Fsp3) is 0.280. The second kappa shape index (κ2) is 7.95. The number of anilines is 3. The number of fused-ring (bicyclic) bond motifs is 1. The van der Waals surface area contributed by atoms with Crippen molar-refractivity contribution in [3.8, 4) is 0 Å². The summed E-state index contributed by atoms with van der Waals surface area (Å²) in [5.41, 5.74) is 4.52. The molecule has 3 aromatic rings. The number of furan rings is 1. The molecule has 0 bridgehead atoms. The average Bonchev–Trinajstić information content (AvgIpc) is 3.48. The van der Waals surface area contributed by atoms with E-state index in [1.165, 1.54) is 11.3 Å². The topological polar surface area (TPSA) is 65.8 Å². The van der Waals surface area contributed by atoms with E-state index >= 15 is 0 Å². The molecule has 0 aliphatic carbocycles. The molecule has 2 amide bonds. The zero-order valence-corrected chi connectivity index (χ0v) is 17.5. The smallest absolute Gasteiger partial charge is 0.259 e. The lowest BCUT2D eigenvalue weighted by Crippen LogP contribution is -2.29. The number of nitrogens with zero attached hydrogens (tertiary/aromatic N) is 2. The van der Waals surface area contributed by atoms with E-state index in [0.29, 0.717) is 36.0 Å². The van der Waals surface area contributed by atoms with Gasteiger partial charge in [0.05, 0.1) is 18.4 Å². The molecule has 0 saturated carbocycles. The maximum Gasteiger partial charge on any atom is 0.259 e. The van der Waals surface area contributed by atoms with E-state index in [4.69, 9.17) is 4.42 Å². The van der Waals surface area contributed by atoms with Crippen molar-refractivity contribution in [2.24, 2.45) is 0 Å². The Morgan fingerprint density at radius 3 is 2.87 bits per heavy atom. The lowest BCUT2D eigenvalue weighted by molar-refractivity contribution is -0.117. The minimum absolute atomic E-state index is 0.126. The van der Waals surface area contributed by atoms with Gasteiger partial charge in [-0.25, -0.2) is 0 Å². The largest absolute Gasteiger partial charge is 0.467 e. The first-order chi connectivity index (χ1) is 15.1. The van der Waals surface area contributed by atoms with Gasteiger partial charge < -0.3 is 19.5 Å². The normalized spacial score (nSPS) is 17.8. The molecule has 6 heteroatoms. The standard InChI is InChI=1S/C25H25N3O3/c1-17-14-18-6-2-3-9-22(18)28(17)16-23-21(11-13-31-23)25(30)26-19-7-4-8-20(15-19)27-12-5-10-24(27)29/h2-4,6-9,11,13,15,17H,5,10,12,14,16H2,1H3,(H,26,30)/t17-/m0/s1. The van der Waals surface area contributed by atoms with Gasteiger partial charge in [0.1, 0.15) is 5.76 Å². The highest BCUT2D eigenvalue weighted by molar-refractivity contribution is 6.05. The Bertz CT molecular complexity index is 1140. The molecule has 1 fully saturated rings. The fourth-order valence-electron chi connectivity index (χ4n) is 4.56. The van der Waals surface area contributed by atoms with Gasteiger partial charge in [-0.2, -0.15) is 0 Å². The lowest BCUT2D eigenvalue weighted by atomic mass is 10.1. The zero-order chi connectivity index (χ0) is 21.4. The van der Waals surface area contributed by atoms with Crippen molar-refractivity contribution < 1.29 is 14.0 Å². The van der Waals surface area contributed by atoms with Crippen molar-refractivity contribution in [3.05, 3.63) is 77.7 Å². The number of para-hydroxylation sites is 1. The second-order valence-corrected chi connectivity index (χ2v) is 8.22. The first kappa shape index (κ1) is 19.4. The van der Waals surface area contributed by atoms with E-state index in [9.17, 15) is 9.59 Å². The molecule has 158 valence electrons. The first-order valence-corrected chi connectivity index (χ1v) is 10.7. The van der Waals surface area contributed by atoms with Gasteiger partial charge in [-0.3, -0.25) is 9.59 Å². The Labute approximate surface area is 181 Å². The van der Waals surface area contributed by atoms with Crippen molar-refractivity contribution in [1.29, 1.82) is 0 Å². The number of amides is 2. The van der Waals surface area contributed by atoms with Crippen LogP contribution in [0.15, 0.2) is 65.3 Å². The van der Waals surface area contributed by atoms with Gasteiger partial charge in [0.15, 0.2) is 0 Å². The minimum Gasteiger partial charge on any atom is -0.467 e. The van der Waals surface area contributed by atoms with Crippen LogP contribution in [0.3, 0.4) is 0 Å². The molecular formula is C25H25N3O3. The van der Waals surface area contributed by atoms with Crippen LogP contribution in [0.1, 0.15) is 41.4 Å². The summed E-state index contributed by atoms with van der Waals surface area (Å²) in [7, 11) is 0. The number of benzene rings is 2. The number of hydrogen-bond donors (Lipinski definition) is 1. The third-order valence-corrected chi connectivity index (χ3v) is 6.14. The van der Waals surface area contributed by atoms with E-state index in [0.717, 1.165) is 25.1 Å². The summed E-state index contributed by atoms with van der Waals surface area (Å²) >= 11 is 0. The van der Waals surface area contributed by atoms with Gasteiger partial charge in [-0.1, -0.05) is 24.3 Å². The highest BCUT2D eigenvalue weighted by Gasteiger charge is 2.28. The molecule has 0 radical (unpaired) electrons. The number of carbonyl (C=O) groups excluding carboxylic acids is 2. The van der Waals surface area contributed by atoms with Crippen molar-refractivity contribution >= 4 is 28.9 Å². The highest BCUT2D eigenvalue weighted by Crippen LogP contribution is 2.34. The molecule has 31 heavy (non-hydrogen) atoms. The summed E-state index contributed by atoms with van der Waals surface area (Å²) < 4.78 is 5.71. The van der Waals surface area contributed by atoms with E-state index < -0.39 is 0 Å². The van der Waals surface area contributed by atoms with Crippen LogP contribution in [0.4, 0.5) is 17.1 Å². The molecule has 1 aromatic heterocycles. The number of hydrogen-bond acceptors (Lipinski definition) is 4. The van der Waals surface area contributed by atoms with Gasteiger partial charge >= 0.3 is 0 Å². The van der Waals surface area contributed by atoms with Gasteiger partial charge in [0.25, 0.3) is 5.91 Å². The Balaban J connectivity index is 1.33. The van der Waals surface area contributed by atoms with Crippen LogP contribution in [-0.2, 0) is 17.8 Å². The first-order valence-electron chi connectivity index (χ1n) is 10.7. The third-order valence-electron chi connectivity index (χ3n) is 6.14. The summed E-state index contributed by atoms with van der Waals surface area (Å²) in [4.78, 5) is 29.1. The van der Waals surface area contributed by atoms with Gasteiger partial charge in [-0.05, 0) is 55.7 Å². The molecular weight excluding hydrogens is 390 g/mol. The quantitative estimate of drug-likeness (QED) is 0.661. The summed E-state index contributed by atoms with van der Waals surface area (Å²) in [5, 5.41) is 2.96. The maximum absolute atomic E-state index is 13.0. The third kappa shape index (κ3) is 3.69. The van der Waals surface area contributed by atoms with Gasteiger partial charge in [-0.15, -0.1) is 0 Å². The molecule has 5 rings (SSSR count). The molecule has 0 spiro atoms. The van der Waals surface area contributed by atoms with Crippen LogP contribution in [0.2, 0.25) is 0 Å². The van der Waals surface area contributed by atoms with Gasteiger partial charge in [0.2, 0.25) is 5.91 Å². The molecule has 1 N–H and O–H groups in total. The highest BCUT2D eigenvalue weighted by atomic mass is 16.3. The molecule has 2 aromatic carbocycles. The maximum atomic E-state index is 13.0. The Morgan fingerprint density at radius 2 is 2.03 bits per heavy atom. The van der Waals surface area contributed by atoms with Crippen molar-refractivity contribution in [2.75, 3.05) is 21.7 Å². The number of nitrogens with one attached hydrogen (secondary N) is 1. The van der Waals surface area contributed by atoms with Crippen LogP contribution in [0.25, 0.3) is 0 Å². The number of carbonyl (C=O) groups is 2. The Kier molecular flexibility index (Phi) is 4.98. The monoisotopic (exact) mass is 415 g/mol. The Hall–Kier alpha value is -3.54. The molecule has 3 heterocycles. The molecule has 6 nitrogen and oxygen atoms in total. The van der Waals surface area contributed by atoms with E-state index in [1.54, 1.807) is 17.2 Å². The molecule has 2 aliphatic rings. The molecule has 1 saturated heterocycles. The predicted molar refractivity (Wildman–Crippen MR) is 120 cm³/mol. The van der Waals surface area contributed by atoms with E-state index in [2.05, 4.69) is 35.3 Å². The lowest BCUT2D eigenvalue weighted by Gasteiger charge is -2.24. The summed E-state index contributed by atoms with van der Waals surface area (Å²) in [6.45, 7) is 3.45. The predicted octanol–water partition coefficient (Wildman–Crippen LogP) is 4.61. The van der Waals surface area contributed by atoms with E-state index in [-0.39, 0.29) is 11.8 Å². The Morgan fingerprint density at radius 1 is 1.16 bits per heavy atom. The SMILES string of the molecule is C[C@H]1Cc2ccccc2N1Cc1occc1C(=O)Nc1cccc(N2CCCC2=O)c1. The molecule has 0 unspecified atom stereocenters. The summed E-state index contributed by atoms with van der Waals surface area (Å²) in [5.74, 6) is 0.557. The van der Waals surface area contributed by atoms with E-state index in [1.807, 2.05) is 30.3 Å². The van der Waals surface area contributed by atoms with Crippen LogP contribution < -0.4 is 15.1 Å².